The third-order valence-corrected chi connectivity index (χ3v) is 3.82. The monoisotopic (exact) mass is 330 g/mol. The van der Waals surface area contributed by atoms with Crippen LogP contribution in [0.5, 0.6) is 0 Å². The fourth-order valence-corrected chi connectivity index (χ4v) is 2.10. The number of carbonyl (C=O) groups is 2. The smallest absolute Gasteiger partial charge is 0.185 e. The molecule has 0 aromatic carbocycles. The van der Waals surface area contributed by atoms with E-state index in [1.165, 1.54) is 25.7 Å². The van der Waals surface area contributed by atoms with E-state index >= 15 is 0 Å². The first-order chi connectivity index (χ1) is 9.46. The predicted molar refractivity (Wildman–Crippen MR) is 83.5 cm³/mol. The minimum Gasteiger partial charge on any atom is -0.289 e. The summed E-state index contributed by atoms with van der Waals surface area (Å²) in [6.45, 7) is 6.80. The summed E-state index contributed by atoms with van der Waals surface area (Å²) in [5, 5.41) is 0. The molecule has 3 heteroatoms. The van der Waals surface area contributed by atoms with Gasteiger partial charge >= 0.3 is 0 Å². The van der Waals surface area contributed by atoms with Crippen molar-refractivity contribution in [1.29, 1.82) is 0 Å². The van der Waals surface area contributed by atoms with Crippen LogP contribution in [-0.4, -0.2) is 11.6 Å². The van der Waals surface area contributed by atoms with Gasteiger partial charge in [0, 0.05) is 38.8 Å². The van der Waals surface area contributed by atoms with Crippen LogP contribution in [0.3, 0.4) is 0 Å². The van der Waals surface area contributed by atoms with Gasteiger partial charge in [-0.3, -0.25) is 9.59 Å². The number of hydrogen-bond donors (Lipinski definition) is 0. The Morgan fingerprint density at radius 1 is 0.571 bits per heavy atom. The normalized spacial score (nSPS) is 18.7. The largest absolute Gasteiger partial charge is 0.289 e. The Morgan fingerprint density at radius 2 is 0.762 bits per heavy atom. The maximum Gasteiger partial charge on any atom is 0.185 e. The average Bonchev–Trinajstić information content (AvgIpc) is 2.41. The molecular formula is C18H24NiO2. The zero-order valence-electron chi connectivity index (χ0n) is 13.3. The summed E-state index contributed by atoms with van der Waals surface area (Å²) in [6.07, 6.45) is 14.0. The van der Waals surface area contributed by atoms with Crippen LogP contribution in [0.15, 0.2) is 46.6 Å². The maximum absolute atomic E-state index is 11.4. The van der Waals surface area contributed by atoms with Crippen LogP contribution in [0.4, 0.5) is 0 Å². The van der Waals surface area contributed by atoms with Crippen molar-refractivity contribution >= 4 is 11.6 Å². The second kappa shape index (κ2) is 9.68. The van der Waals surface area contributed by atoms with Gasteiger partial charge in [0.2, 0.25) is 0 Å². The van der Waals surface area contributed by atoms with Crippen molar-refractivity contribution in [3.8, 4) is 0 Å². The zero-order chi connectivity index (χ0) is 15.1. The van der Waals surface area contributed by atoms with Gasteiger partial charge < -0.3 is 0 Å². The molecule has 2 nitrogen and oxygen atoms in total. The van der Waals surface area contributed by atoms with Gasteiger partial charge in [-0.05, 0) is 53.4 Å². The van der Waals surface area contributed by atoms with E-state index in [0.29, 0.717) is 22.3 Å². The topological polar surface area (TPSA) is 34.1 Å². The van der Waals surface area contributed by atoms with E-state index in [0.717, 1.165) is 0 Å². The Bertz CT molecular complexity index is 431. The van der Waals surface area contributed by atoms with E-state index < -0.39 is 0 Å². The van der Waals surface area contributed by atoms with Crippen molar-refractivity contribution in [2.45, 2.75) is 53.4 Å². The predicted octanol–water partition coefficient (Wildman–Crippen LogP) is 4.48. The third kappa shape index (κ3) is 5.59. The van der Waals surface area contributed by atoms with Crippen LogP contribution in [0, 0.1) is 0 Å². The Labute approximate surface area is 138 Å². The molecule has 0 saturated heterocycles. The summed E-state index contributed by atoms with van der Waals surface area (Å²) in [7, 11) is 0. The molecule has 0 aromatic rings. The van der Waals surface area contributed by atoms with Gasteiger partial charge in [-0.25, -0.2) is 0 Å². The SMILES string of the molecule is C1=CCCC=CCC1.CC1=C(C)C(=O)C(C)=C(C)C1=O.[Ni]. The molecule has 0 aromatic heterocycles. The van der Waals surface area contributed by atoms with E-state index in [4.69, 9.17) is 0 Å². The molecule has 0 heterocycles. The molecule has 2 rings (SSSR count). The quantitative estimate of drug-likeness (QED) is 0.373. The van der Waals surface area contributed by atoms with Crippen molar-refractivity contribution in [3.63, 3.8) is 0 Å². The van der Waals surface area contributed by atoms with E-state index in [2.05, 4.69) is 24.3 Å². The van der Waals surface area contributed by atoms with Gasteiger partial charge in [-0.15, -0.1) is 0 Å². The summed E-state index contributed by atoms with van der Waals surface area (Å²) in [5.74, 6) is 0.00852. The number of Topliss-reactive ketones (excluding diaryl/α,β-unsaturated/α-hetero) is 2. The second-order valence-electron chi connectivity index (χ2n) is 5.26. The molecule has 0 atom stereocenters. The van der Waals surface area contributed by atoms with Crippen molar-refractivity contribution in [3.05, 3.63) is 46.6 Å². The van der Waals surface area contributed by atoms with Crippen LogP contribution in [-0.2, 0) is 26.1 Å². The molecule has 118 valence electrons. The van der Waals surface area contributed by atoms with Crippen molar-refractivity contribution < 1.29 is 26.1 Å². The van der Waals surface area contributed by atoms with E-state index in [9.17, 15) is 9.59 Å². The standard InChI is InChI=1S/C10H12O2.C8H12.Ni/c1-5-6(2)10(12)8(4)7(3)9(5)11;1-2-4-6-8-7-5-3-1;/h1-4H3;1-2,7-8H,3-6H2;. The van der Waals surface area contributed by atoms with E-state index in [1.807, 2.05) is 0 Å². The molecule has 0 N–H and O–H groups in total. The van der Waals surface area contributed by atoms with E-state index in [-0.39, 0.29) is 28.1 Å². The molecule has 0 aliphatic heterocycles. The Balaban J connectivity index is 0.000000390. The molecule has 0 bridgehead atoms. The Morgan fingerprint density at radius 3 is 0.952 bits per heavy atom. The zero-order valence-corrected chi connectivity index (χ0v) is 14.3. The first-order valence-corrected chi connectivity index (χ1v) is 7.21. The first-order valence-electron chi connectivity index (χ1n) is 7.21. The average molecular weight is 331 g/mol. The van der Waals surface area contributed by atoms with Crippen LogP contribution >= 0.6 is 0 Å². The van der Waals surface area contributed by atoms with Crippen LogP contribution in [0.25, 0.3) is 0 Å². The van der Waals surface area contributed by atoms with Crippen LogP contribution in [0.1, 0.15) is 53.4 Å². The summed E-state index contributed by atoms with van der Waals surface area (Å²) in [5.41, 5.74) is 2.34. The van der Waals surface area contributed by atoms with Crippen LogP contribution in [0.2, 0.25) is 0 Å². The number of rotatable bonds is 0. The summed E-state index contributed by atoms with van der Waals surface area (Å²) >= 11 is 0. The van der Waals surface area contributed by atoms with Gasteiger partial charge in [-0.1, -0.05) is 24.3 Å². The fraction of sp³-hybridized carbons (Fsp3) is 0.444. The van der Waals surface area contributed by atoms with Gasteiger partial charge in [0.1, 0.15) is 0 Å². The molecule has 0 amide bonds. The van der Waals surface area contributed by atoms with E-state index in [1.54, 1.807) is 27.7 Å². The number of carbonyl (C=O) groups excluding carboxylic acids is 2. The molecule has 0 spiro atoms. The Kier molecular flexibility index (Phi) is 9.12. The summed E-state index contributed by atoms with van der Waals surface area (Å²) in [6, 6.07) is 0. The molecule has 2 aliphatic rings. The van der Waals surface area contributed by atoms with Crippen molar-refractivity contribution in [1.82, 2.24) is 0 Å². The molecule has 0 radical (unpaired) electrons. The second-order valence-corrected chi connectivity index (χ2v) is 5.26. The molecule has 0 saturated carbocycles. The molecule has 21 heavy (non-hydrogen) atoms. The summed E-state index contributed by atoms with van der Waals surface area (Å²) in [4.78, 5) is 22.8. The van der Waals surface area contributed by atoms with Crippen molar-refractivity contribution in [2.24, 2.45) is 0 Å². The Hall–Kier alpha value is -1.21. The molecule has 0 unspecified atom stereocenters. The molecule has 0 fully saturated rings. The van der Waals surface area contributed by atoms with Crippen molar-refractivity contribution in [2.75, 3.05) is 0 Å². The third-order valence-electron chi connectivity index (χ3n) is 3.82. The van der Waals surface area contributed by atoms with Crippen LogP contribution < -0.4 is 0 Å². The fourth-order valence-electron chi connectivity index (χ4n) is 2.10. The molecule has 2 aliphatic carbocycles. The summed E-state index contributed by atoms with van der Waals surface area (Å²) < 4.78 is 0. The van der Waals surface area contributed by atoms with Gasteiger partial charge in [0.25, 0.3) is 0 Å². The number of ketones is 2. The number of allylic oxidation sites excluding steroid dienone is 8. The minimum atomic E-state index is 0. The van der Waals surface area contributed by atoms with Gasteiger partial charge in [-0.2, -0.15) is 0 Å². The first kappa shape index (κ1) is 19.8. The minimum absolute atomic E-state index is 0. The molecular weight excluding hydrogens is 307 g/mol. The maximum atomic E-state index is 11.4. The van der Waals surface area contributed by atoms with Gasteiger partial charge in [0.05, 0.1) is 0 Å². The van der Waals surface area contributed by atoms with Gasteiger partial charge in [0.15, 0.2) is 11.6 Å². The number of hydrogen-bond acceptors (Lipinski definition) is 2.